The van der Waals surface area contributed by atoms with Gasteiger partial charge < -0.3 is 19.6 Å². The molecule has 1 fully saturated rings. The van der Waals surface area contributed by atoms with Crippen molar-refractivity contribution >= 4 is 35.0 Å². The Morgan fingerprint density at radius 2 is 1.63 bits per heavy atom. The number of aromatic nitrogens is 2. The van der Waals surface area contributed by atoms with Crippen molar-refractivity contribution in [2.45, 2.75) is 19.9 Å². The summed E-state index contributed by atoms with van der Waals surface area (Å²) in [6, 6.07) is 17.8. The maximum absolute atomic E-state index is 13.2. The second kappa shape index (κ2) is 10.1. The Balaban J connectivity index is 1.38. The molecular formula is C27H31ClN6O. The van der Waals surface area contributed by atoms with Gasteiger partial charge in [0, 0.05) is 64.0 Å². The predicted octanol–water partition coefficient (Wildman–Crippen LogP) is 4.11. The van der Waals surface area contributed by atoms with Crippen LogP contribution in [0.4, 0.5) is 17.5 Å². The number of piperazine rings is 1. The number of fused-ring (bicyclic) bond motifs is 1. The molecule has 3 heterocycles. The Bertz CT molecular complexity index is 1200. The monoisotopic (exact) mass is 490 g/mol. The fourth-order valence-electron chi connectivity index (χ4n) is 4.77. The topological polar surface area (TPSA) is 55.8 Å². The van der Waals surface area contributed by atoms with E-state index in [9.17, 15) is 4.79 Å². The summed E-state index contributed by atoms with van der Waals surface area (Å²) in [5.74, 6) is 1.65. The van der Waals surface area contributed by atoms with E-state index in [4.69, 9.17) is 21.6 Å². The number of halogens is 1. The third-order valence-electron chi connectivity index (χ3n) is 6.94. The molecule has 7 nitrogen and oxygen atoms in total. The van der Waals surface area contributed by atoms with E-state index in [1.165, 1.54) is 5.69 Å². The van der Waals surface area contributed by atoms with Crippen molar-refractivity contribution in [3.8, 4) is 0 Å². The number of amides is 1. The molecule has 3 aromatic rings. The molecule has 0 saturated carbocycles. The molecule has 0 atom stereocenters. The van der Waals surface area contributed by atoms with Crippen molar-refractivity contribution in [2.75, 3.05) is 61.0 Å². The average Bonchev–Trinajstić information content (AvgIpc) is 2.92. The van der Waals surface area contributed by atoms with Crippen LogP contribution in [0.2, 0.25) is 5.02 Å². The number of hydrogen-bond donors (Lipinski definition) is 0. The van der Waals surface area contributed by atoms with Crippen LogP contribution < -0.4 is 14.7 Å². The summed E-state index contributed by atoms with van der Waals surface area (Å²) in [7, 11) is 2.05. The maximum atomic E-state index is 13.2. The number of benzene rings is 2. The summed E-state index contributed by atoms with van der Waals surface area (Å²) >= 11 is 6.31. The van der Waals surface area contributed by atoms with E-state index < -0.39 is 0 Å². The molecule has 0 aliphatic carbocycles. The fourth-order valence-corrected chi connectivity index (χ4v) is 4.99. The molecule has 0 N–H and O–H groups in total. The lowest BCUT2D eigenvalue weighted by molar-refractivity contribution is 0.0734. The Hall–Kier alpha value is -3.32. The Morgan fingerprint density at radius 3 is 2.34 bits per heavy atom. The number of carbonyl (C=O) groups is 1. The molecule has 2 aliphatic heterocycles. The van der Waals surface area contributed by atoms with Crippen LogP contribution in [0.15, 0.2) is 54.6 Å². The number of anilines is 3. The van der Waals surface area contributed by atoms with E-state index in [0.717, 1.165) is 55.7 Å². The minimum Gasteiger partial charge on any atom is -0.368 e. The fraction of sp³-hybridized carbons (Fsp3) is 0.370. The molecule has 0 spiro atoms. The first-order valence-electron chi connectivity index (χ1n) is 12.2. The standard InChI is InChI=1S/C27H31ClN6O/c1-3-31(2)25-22-19-34(26(35)21-11-7-8-12-23(21)28)14-13-24(22)29-27(30-25)33-17-15-32(16-18-33)20-9-5-4-6-10-20/h4-12H,3,13-19H2,1-2H3. The van der Waals surface area contributed by atoms with Crippen molar-refractivity contribution < 1.29 is 4.79 Å². The second-order valence-corrected chi connectivity index (χ2v) is 9.46. The molecule has 182 valence electrons. The van der Waals surface area contributed by atoms with Gasteiger partial charge in [-0.15, -0.1) is 0 Å². The Kier molecular flexibility index (Phi) is 6.77. The van der Waals surface area contributed by atoms with Crippen LogP contribution in [-0.2, 0) is 13.0 Å². The third kappa shape index (κ3) is 4.78. The molecular weight excluding hydrogens is 460 g/mol. The van der Waals surface area contributed by atoms with Crippen LogP contribution in [0.5, 0.6) is 0 Å². The average molecular weight is 491 g/mol. The van der Waals surface area contributed by atoms with Crippen LogP contribution in [0, 0.1) is 0 Å². The van der Waals surface area contributed by atoms with Crippen LogP contribution in [0.25, 0.3) is 0 Å². The smallest absolute Gasteiger partial charge is 0.255 e. The van der Waals surface area contributed by atoms with Crippen molar-refractivity contribution in [2.24, 2.45) is 0 Å². The summed E-state index contributed by atoms with van der Waals surface area (Å²) in [6.07, 6.45) is 0.704. The number of para-hydroxylation sites is 1. The highest BCUT2D eigenvalue weighted by Gasteiger charge is 2.29. The Labute approximate surface area is 211 Å². The van der Waals surface area contributed by atoms with E-state index in [1.54, 1.807) is 12.1 Å². The van der Waals surface area contributed by atoms with Crippen molar-refractivity contribution in [1.82, 2.24) is 14.9 Å². The molecule has 1 saturated heterocycles. The van der Waals surface area contributed by atoms with Crippen molar-refractivity contribution in [3.63, 3.8) is 0 Å². The molecule has 2 aromatic carbocycles. The first-order chi connectivity index (χ1) is 17.0. The molecule has 0 radical (unpaired) electrons. The van der Waals surface area contributed by atoms with Gasteiger partial charge in [0.2, 0.25) is 5.95 Å². The van der Waals surface area contributed by atoms with E-state index in [2.05, 4.69) is 59.0 Å². The first-order valence-corrected chi connectivity index (χ1v) is 12.6. The van der Waals surface area contributed by atoms with E-state index in [0.29, 0.717) is 30.1 Å². The molecule has 0 unspecified atom stereocenters. The zero-order valence-electron chi connectivity index (χ0n) is 20.3. The lowest BCUT2D eigenvalue weighted by Crippen LogP contribution is -2.47. The van der Waals surface area contributed by atoms with Crippen LogP contribution in [-0.4, -0.2) is 67.1 Å². The van der Waals surface area contributed by atoms with Gasteiger partial charge >= 0.3 is 0 Å². The van der Waals surface area contributed by atoms with Gasteiger partial charge in [0.25, 0.3) is 5.91 Å². The summed E-state index contributed by atoms with van der Waals surface area (Å²) in [4.78, 5) is 31.9. The summed E-state index contributed by atoms with van der Waals surface area (Å²) in [5, 5.41) is 0.482. The zero-order chi connectivity index (χ0) is 24.4. The molecule has 1 amide bonds. The summed E-state index contributed by atoms with van der Waals surface area (Å²) < 4.78 is 0. The van der Waals surface area contributed by atoms with Gasteiger partial charge in [-0.25, -0.2) is 4.98 Å². The number of rotatable bonds is 5. The van der Waals surface area contributed by atoms with E-state index in [1.807, 2.05) is 17.0 Å². The quantitative estimate of drug-likeness (QED) is 0.536. The SMILES string of the molecule is CCN(C)c1nc(N2CCN(c3ccccc3)CC2)nc2c1CN(C(=O)c1ccccc1Cl)CC2. The van der Waals surface area contributed by atoms with Crippen LogP contribution in [0.1, 0.15) is 28.5 Å². The molecule has 8 heteroatoms. The highest BCUT2D eigenvalue weighted by molar-refractivity contribution is 6.33. The van der Waals surface area contributed by atoms with Gasteiger partial charge in [-0.3, -0.25) is 4.79 Å². The first kappa shape index (κ1) is 23.4. The predicted molar refractivity (Wildman–Crippen MR) is 142 cm³/mol. The number of nitrogens with zero attached hydrogens (tertiary/aromatic N) is 6. The van der Waals surface area contributed by atoms with E-state index >= 15 is 0 Å². The molecule has 1 aromatic heterocycles. The maximum Gasteiger partial charge on any atom is 0.255 e. The second-order valence-electron chi connectivity index (χ2n) is 9.05. The number of hydrogen-bond acceptors (Lipinski definition) is 6. The largest absolute Gasteiger partial charge is 0.368 e. The Morgan fingerprint density at radius 1 is 0.943 bits per heavy atom. The molecule has 0 bridgehead atoms. The zero-order valence-corrected chi connectivity index (χ0v) is 21.1. The molecule has 5 rings (SSSR count). The van der Waals surface area contributed by atoms with Crippen molar-refractivity contribution in [3.05, 3.63) is 76.4 Å². The minimum atomic E-state index is -0.0486. The van der Waals surface area contributed by atoms with Gasteiger partial charge in [-0.05, 0) is 31.2 Å². The van der Waals surface area contributed by atoms with E-state index in [-0.39, 0.29) is 5.91 Å². The summed E-state index contributed by atoms with van der Waals surface area (Å²) in [6.45, 7) is 7.66. The van der Waals surface area contributed by atoms with Crippen molar-refractivity contribution in [1.29, 1.82) is 0 Å². The lowest BCUT2D eigenvalue weighted by atomic mass is 10.0. The van der Waals surface area contributed by atoms with Gasteiger partial charge in [-0.2, -0.15) is 4.98 Å². The highest BCUT2D eigenvalue weighted by Crippen LogP contribution is 2.30. The third-order valence-corrected chi connectivity index (χ3v) is 7.27. The summed E-state index contributed by atoms with van der Waals surface area (Å²) in [5.41, 5.74) is 3.87. The van der Waals surface area contributed by atoms with Gasteiger partial charge in [0.05, 0.1) is 22.8 Å². The minimum absolute atomic E-state index is 0.0486. The molecule has 35 heavy (non-hydrogen) atoms. The van der Waals surface area contributed by atoms with Gasteiger partial charge in [0.1, 0.15) is 5.82 Å². The lowest BCUT2D eigenvalue weighted by Gasteiger charge is -2.37. The highest BCUT2D eigenvalue weighted by atomic mass is 35.5. The van der Waals surface area contributed by atoms with Crippen LogP contribution in [0.3, 0.4) is 0 Å². The van der Waals surface area contributed by atoms with Gasteiger partial charge in [-0.1, -0.05) is 41.9 Å². The molecule has 2 aliphatic rings. The van der Waals surface area contributed by atoms with Crippen LogP contribution >= 0.6 is 11.6 Å². The number of carbonyl (C=O) groups excluding carboxylic acids is 1. The van der Waals surface area contributed by atoms with Gasteiger partial charge in [0.15, 0.2) is 0 Å². The normalized spacial score (nSPS) is 15.7.